The summed E-state index contributed by atoms with van der Waals surface area (Å²) in [7, 11) is 3.39. The Labute approximate surface area is 141 Å². The lowest BCUT2D eigenvalue weighted by atomic mass is 10.2. The van der Waals surface area contributed by atoms with Gasteiger partial charge in [-0.05, 0) is 31.9 Å². The molecule has 0 saturated heterocycles. The maximum atomic E-state index is 12.9. The summed E-state index contributed by atoms with van der Waals surface area (Å²) in [5.74, 6) is 0.868. The Morgan fingerprint density at radius 2 is 2.12 bits per heavy atom. The molecule has 1 saturated carbocycles. The van der Waals surface area contributed by atoms with Gasteiger partial charge < -0.3 is 9.64 Å². The minimum absolute atomic E-state index is 0.0910. The van der Waals surface area contributed by atoms with Crippen LogP contribution in [0.2, 0.25) is 0 Å². The molecule has 0 aliphatic heterocycles. The standard InChI is InChI=1S/C18H23N3O3/c1-12(20(2)17(22)13-8-9-13)16-19-15-7-5-4-6-14(15)18(23)21(16)10-11-24-3/h4-7,12-13H,8-11H2,1-3H3. The molecule has 1 aromatic heterocycles. The summed E-state index contributed by atoms with van der Waals surface area (Å²) in [5, 5.41) is 0.584. The van der Waals surface area contributed by atoms with Crippen LogP contribution in [0.25, 0.3) is 10.9 Å². The number of hydrogen-bond acceptors (Lipinski definition) is 4. The van der Waals surface area contributed by atoms with Gasteiger partial charge in [0.1, 0.15) is 5.82 Å². The van der Waals surface area contributed by atoms with Crippen LogP contribution >= 0.6 is 0 Å². The van der Waals surface area contributed by atoms with Crippen molar-refractivity contribution in [2.45, 2.75) is 32.4 Å². The van der Waals surface area contributed by atoms with E-state index in [-0.39, 0.29) is 23.4 Å². The van der Waals surface area contributed by atoms with E-state index in [1.807, 2.05) is 25.1 Å². The van der Waals surface area contributed by atoms with Gasteiger partial charge in [0, 0.05) is 20.1 Å². The first kappa shape index (κ1) is 16.6. The molecule has 24 heavy (non-hydrogen) atoms. The number of ether oxygens (including phenoxy) is 1. The lowest BCUT2D eigenvalue weighted by Crippen LogP contribution is -2.36. The largest absolute Gasteiger partial charge is 0.383 e. The highest BCUT2D eigenvalue weighted by molar-refractivity contribution is 5.81. The molecule has 1 unspecified atom stereocenters. The number of para-hydroxylation sites is 1. The molecule has 3 rings (SSSR count). The fourth-order valence-corrected chi connectivity index (χ4v) is 2.89. The Morgan fingerprint density at radius 1 is 1.42 bits per heavy atom. The van der Waals surface area contributed by atoms with Crippen molar-refractivity contribution in [3.8, 4) is 0 Å². The fraction of sp³-hybridized carbons (Fsp3) is 0.500. The van der Waals surface area contributed by atoms with Crippen LogP contribution in [-0.2, 0) is 16.1 Å². The van der Waals surface area contributed by atoms with Crippen molar-refractivity contribution in [3.05, 3.63) is 40.4 Å². The summed E-state index contributed by atoms with van der Waals surface area (Å²) in [6.45, 7) is 2.75. The molecule has 1 aromatic carbocycles. The molecule has 6 heteroatoms. The molecule has 2 aromatic rings. The zero-order valence-electron chi connectivity index (χ0n) is 14.4. The van der Waals surface area contributed by atoms with Gasteiger partial charge in [-0.2, -0.15) is 0 Å². The van der Waals surface area contributed by atoms with Crippen molar-refractivity contribution in [3.63, 3.8) is 0 Å². The smallest absolute Gasteiger partial charge is 0.261 e. The van der Waals surface area contributed by atoms with E-state index in [1.54, 1.807) is 29.7 Å². The van der Waals surface area contributed by atoms with Gasteiger partial charge >= 0.3 is 0 Å². The van der Waals surface area contributed by atoms with Crippen molar-refractivity contribution in [1.82, 2.24) is 14.5 Å². The average Bonchev–Trinajstić information content (AvgIpc) is 3.44. The molecule has 128 valence electrons. The maximum Gasteiger partial charge on any atom is 0.261 e. The van der Waals surface area contributed by atoms with Gasteiger partial charge in [-0.3, -0.25) is 14.2 Å². The first-order valence-corrected chi connectivity index (χ1v) is 8.29. The second kappa shape index (κ2) is 6.73. The third-order valence-corrected chi connectivity index (χ3v) is 4.64. The molecule has 1 aliphatic rings. The Hall–Kier alpha value is -2.21. The van der Waals surface area contributed by atoms with Crippen molar-refractivity contribution in [2.75, 3.05) is 20.8 Å². The third kappa shape index (κ3) is 3.06. The number of hydrogen-bond donors (Lipinski definition) is 0. The third-order valence-electron chi connectivity index (χ3n) is 4.64. The normalized spacial score (nSPS) is 15.5. The molecule has 1 aliphatic carbocycles. The molecule has 1 atom stereocenters. The van der Waals surface area contributed by atoms with E-state index in [1.165, 1.54) is 0 Å². The lowest BCUT2D eigenvalue weighted by molar-refractivity contribution is -0.133. The van der Waals surface area contributed by atoms with Crippen molar-refractivity contribution < 1.29 is 9.53 Å². The van der Waals surface area contributed by atoms with Crippen LogP contribution in [0.5, 0.6) is 0 Å². The van der Waals surface area contributed by atoms with Gasteiger partial charge in [0.25, 0.3) is 5.56 Å². The van der Waals surface area contributed by atoms with Gasteiger partial charge in [-0.25, -0.2) is 4.98 Å². The summed E-state index contributed by atoms with van der Waals surface area (Å²) in [4.78, 5) is 31.6. The Kier molecular flexibility index (Phi) is 4.66. The number of carbonyl (C=O) groups is 1. The highest BCUT2D eigenvalue weighted by Crippen LogP contribution is 2.33. The number of aromatic nitrogens is 2. The monoisotopic (exact) mass is 329 g/mol. The van der Waals surface area contributed by atoms with Crippen LogP contribution in [-0.4, -0.2) is 41.1 Å². The molecule has 0 N–H and O–H groups in total. The van der Waals surface area contributed by atoms with Crippen LogP contribution < -0.4 is 5.56 Å². The fourth-order valence-electron chi connectivity index (χ4n) is 2.89. The summed E-state index contributed by atoms with van der Waals surface area (Å²) in [6.07, 6.45) is 1.91. The summed E-state index contributed by atoms with van der Waals surface area (Å²) < 4.78 is 6.77. The maximum absolute atomic E-state index is 12.9. The average molecular weight is 329 g/mol. The highest BCUT2D eigenvalue weighted by atomic mass is 16.5. The van der Waals surface area contributed by atoms with E-state index < -0.39 is 0 Å². The molecular formula is C18H23N3O3. The molecule has 1 amide bonds. The van der Waals surface area contributed by atoms with Gasteiger partial charge in [-0.15, -0.1) is 0 Å². The van der Waals surface area contributed by atoms with Crippen LogP contribution in [0.1, 0.15) is 31.6 Å². The topological polar surface area (TPSA) is 64.4 Å². The van der Waals surface area contributed by atoms with Crippen LogP contribution in [0.15, 0.2) is 29.1 Å². The number of methoxy groups -OCH3 is 1. The summed E-state index contributed by atoms with van der Waals surface area (Å²) in [6, 6.07) is 7.03. The number of carbonyl (C=O) groups excluding carboxylic acids is 1. The molecule has 6 nitrogen and oxygen atoms in total. The lowest BCUT2D eigenvalue weighted by Gasteiger charge is -2.27. The molecule has 1 heterocycles. The van der Waals surface area contributed by atoms with Crippen LogP contribution in [0.3, 0.4) is 0 Å². The Bertz CT molecular complexity index is 811. The number of benzene rings is 1. The van der Waals surface area contributed by atoms with Gasteiger partial charge in [0.2, 0.25) is 5.91 Å². The summed E-state index contributed by atoms with van der Waals surface area (Å²) in [5.41, 5.74) is 0.567. The first-order chi connectivity index (χ1) is 11.5. The number of fused-ring (bicyclic) bond motifs is 1. The minimum atomic E-state index is -0.271. The first-order valence-electron chi connectivity index (χ1n) is 8.29. The predicted octanol–water partition coefficient (Wildman–Crippen LogP) is 1.97. The molecular weight excluding hydrogens is 306 g/mol. The highest BCUT2D eigenvalue weighted by Gasteiger charge is 2.34. The number of nitrogens with zero attached hydrogens (tertiary/aromatic N) is 3. The summed E-state index contributed by atoms with van der Waals surface area (Å²) >= 11 is 0. The molecule has 1 fully saturated rings. The van der Waals surface area contributed by atoms with Gasteiger partial charge in [-0.1, -0.05) is 12.1 Å². The molecule has 0 bridgehead atoms. The van der Waals surface area contributed by atoms with Crippen molar-refractivity contribution >= 4 is 16.8 Å². The van der Waals surface area contributed by atoms with Crippen molar-refractivity contribution in [1.29, 1.82) is 0 Å². The van der Waals surface area contributed by atoms with Crippen LogP contribution in [0.4, 0.5) is 0 Å². The Morgan fingerprint density at radius 3 is 2.79 bits per heavy atom. The SMILES string of the molecule is COCCn1c(C(C)N(C)C(=O)C2CC2)nc2ccccc2c1=O. The van der Waals surface area contributed by atoms with E-state index >= 15 is 0 Å². The number of rotatable bonds is 6. The number of amides is 1. The van der Waals surface area contributed by atoms with E-state index in [0.717, 1.165) is 12.8 Å². The van der Waals surface area contributed by atoms with E-state index in [9.17, 15) is 9.59 Å². The van der Waals surface area contributed by atoms with E-state index in [4.69, 9.17) is 4.74 Å². The Balaban J connectivity index is 2.06. The zero-order valence-corrected chi connectivity index (χ0v) is 14.4. The van der Waals surface area contributed by atoms with Crippen LogP contribution in [0, 0.1) is 5.92 Å². The molecule has 0 spiro atoms. The minimum Gasteiger partial charge on any atom is -0.383 e. The van der Waals surface area contributed by atoms with E-state index in [0.29, 0.717) is 29.9 Å². The zero-order chi connectivity index (χ0) is 17.3. The van der Waals surface area contributed by atoms with Crippen molar-refractivity contribution in [2.24, 2.45) is 5.92 Å². The van der Waals surface area contributed by atoms with E-state index in [2.05, 4.69) is 4.98 Å². The second-order valence-corrected chi connectivity index (χ2v) is 6.34. The second-order valence-electron chi connectivity index (χ2n) is 6.34. The predicted molar refractivity (Wildman–Crippen MR) is 91.8 cm³/mol. The molecule has 0 radical (unpaired) electrons. The van der Waals surface area contributed by atoms with Gasteiger partial charge in [0.15, 0.2) is 0 Å². The quantitative estimate of drug-likeness (QED) is 0.813. The van der Waals surface area contributed by atoms with Gasteiger partial charge in [0.05, 0.1) is 30.1 Å².